The number of hydrogen-bond acceptors (Lipinski definition) is 3. The largest absolute Gasteiger partial charge is 0.364 e. The summed E-state index contributed by atoms with van der Waals surface area (Å²) in [5.74, 6) is 0.984. The van der Waals surface area contributed by atoms with Crippen molar-refractivity contribution in [3.63, 3.8) is 0 Å². The van der Waals surface area contributed by atoms with Gasteiger partial charge in [0.25, 0.3) is 0 Å². The standard InChI is InChI=1S/C24H29N5O/c1-25-24(26-17-19-6-10-21(11-7-19)28-14-2-3-15-28)27-18-20-8-12-22(13-9-20)29-16-4-5-23(29)30/h2-3,6-13H,4-5,14-18H2,1H3,(H2,25,26,27). The van der Waals surface area contributed by atoms with E-state index in [0.29, 0.717) is 19.5 Å². The summed E-state index contributed by atoms with van der Waals surface area (Å²) in [6, 6.07) is 16.8. The summed E-state index contributed by atoms with van der Waals surface area (Å²) in [6.07, 6.45) is 6.00. The number of nitrogens with zero attached hydrogens (tertiary/aromatic N) is 3. The molecule has 0 bridgehead atoms. The van der Waals surface area contributed by atoms with Gasteiger partial charge < -0.3 is 20.4 Å². The van der Waals surface area contributed by atoms with Crippen LogP contribution in [0.1, 0.15) is 24.0 Å². The van der Waals surface area contributed by atoms with Crippen LogP contribution in [0, 0.1) is 0 Å². The van der Waals surface area contributed by atoms with Crippen molar-refractivity contribution >= 4 is 23.2 Å². The number of rotatable bonds is 6. The minimum atomic E-state index is 0.218. The zero-order chi connectivity index (χ0) is 20.8. The fourth-order valence-electron chi connectivity index (χ4n) is 3.82. The van der Waals surface area contributed by atoms with E-state index in [0.717, 1.165) is 43.3 Å². The minimum absolute atomic E-state index is 0.218. The SMILES string of the molecule is CN=C(NCc1ccc(N2CC=CC2)cc1)NCc1ccc(N2CCCC2=O)cc1. The number of aliphatic imine (C=N–C) groups is 1. The third-order valence-corrected chi connectivity index (χ3v) is 5.58. The van der Waals surface area contributed by atoms with Gasteiger partial charge in [0.2, 0.25) is 5.91 Å². The van der Waals surface area contributed by atoms with Crippen molar-refractivity contribution in [3.8, 4) is 0 Å². The first kappa shape index (κ1) is 20.0. The van der Waals surface area contributed by atoms with Crippen LogP contribution in [0.3, 0.4) is 0 Å². The molecule has 2 aromatic rings. The van der Waals surface area contributed by atoms with E-state index in [-0.39, 0.29) is 5.91 Å². The Morgan fingerprint density at radius 2 is 1.47 bits per heavy atom. The van der Waals surface area contributed by atoms with Crippen LogP contribution in [-0.4, -0.2) is 38.5 Å². The van der Waals surface area contributed by atoms with Crippen LogP contribution in [0.4, 0.5) is 11.4 Å². The quantitative estimate of drug-likeness (QED) is 0.442. The molecule has 1 amide bonds. The monoisotopic (exact) mass is 403 g/mol. The third-order valence-electron chi connectivity index (χ3n) is 5.58. The number of amides is 1. The molecule has 6 nitrogen and oxygen atoms in total. The molecule has 1 fully saturated rings. The van der Waals surface area contributed by atoms with Crippen LogP contribution >= 0.6 is 0 Å². The Morgan fingerprint density at radius 3 is 1.97 bits per heavy atom. The van der Waals surface area contributed by atoms with Gasteiger partial charge in [0, 0.05) is 57.6 Å². The number of benzene rings is 2. The van der Waals surface area contributed by atoms with Crippen LogP contribution in [0.5, 0.6) is 0 Å². The second-order valence-corrected chi connectivity index (χ2v) is 7.64. The zero-order valence-corrected chi connectivity index (χ0v) is 17.5. The van der Waals surface area contributed by atoms with Crippen LogP contribution in [-0.2, 0) is 17.9 Å². The van der Waals surface area contributed by atoms with Gasteiger partial charge in [0.15, 0.2) is 5.96 Å². The number of hydrogen-bond donors (Lipinski definition) is 2. The Labute approximate surface area is 178 Å². The molecule has 0 aliphatic carbocycles. The van der Waals surface area contributed by atoms with Crippen LogP contribution in [0.15, 0.2) is 65.7 Å². The van der Waals surface area contributed by atoms with Gasteiger partial charge in [-0.15, -0.1) is 0 Å². The molecular formula is C24H29N5O. The summed E-state index contributed by atoms with van der Waals surface area (Å²) in [6.45, 7) is 4.19. The number of anilines is 2. The average Bonchev–Trinajstić information content (AvgIpc) is 3.47. The van der Waals surface area contributed by atoms with E-state index in [2.05, 4.69) is 69.1 Å². The minimum Gasteiger partial charge on any atom is -0.364 e. The summed E-state index contributed by atoms with van der Waals surface area (Å²) in [5, 5.41) is 6.72. The number of carbonyl (C=O) groups excluding carboxylic acids is 1. The number of guanidine groups is 1. The van der Waals surface area contributed by atoms with Crippen molar-refractivity contribution in [1.29, 1.82) is 0 Å². The van der Waals surface area contributed by atoms with Gasteiger partial charge in [-0.25, -0.2) is 0 Å². The maximum Gasteiger partial charge on any atom is 0.227 e. The Morgan fingerprint density at radius 1 is 0.900 bits per heavy atom. The van der Waals surface area contributed by atoms with Gasteiger partial charge >= 0.3 is 0 Å². The van der Waals surface area contributed by atoms with Gasteiger partial charge in [-0.2, -0.15) is 0 Å². The molecule has 2 aromatic carbocycles. The van der Waals surface area contributed by atoms with E-state index in [1.54, 1.807) is 7.05 Å². The number of carbonyl (C=O) groups is 1. The summed E-state index contributed by atoms with van der Waals surface area (Å²) < 4.78 is 0. The maximum absolute atomic E-state index is 11.9. The van der Waals surface area contributed by atoms with Crippen molar-refractivity contribution in [1.82, 2.24) is 10.6 Å². The summed E-state index contributed by atoms with van der Waals surface area (Å²) in [7, 11) is 1.78. The predicted molar refractivity (Wildman–Crippen MR) is 123 cm³/mol. The van der Waals surface area contributed by atoms with Crippen LogP contribution in [0.25, 0.3) is 0 Å². The predicted octanol–water partition coefficient (Wildman–Crippen LogP) is 3.05. The Kier molecular flexibility index (Phi) is 6.32. The summed E-state index contributed by atoms with van der Waals surface area (Å²) >= 11 is 0. The van der Waals surface area contributed by atoms with Crippen LogP contribution < -0.4 is 20.4 Å². The maximum atomic E-state index is 11.9. The fraction of sp³-hybridized carbons (Fsp3) is 0.333. The number of nitrogens with one attached hydrogen (secondary N) is 2. The molecule has 0 aromatic heterocycles. The molecule has 2 N–H and O–H groups in total. The molecule has 156 valence electrons. The van der Waals surface area contributed by atoms with Crippen molar-refractivity contribution in [2.75, 3.05) is 36.5 Å². The lowest BCUT2D eigenvalue weighted by Gasteiger charge is -2.18. The molecule has 2 heterocycles. The molecule has 0 radical (unpaired) electrons. The molecule has 30 heavy (non-hydrogen) atoms. The van der Waals surface area contributed by atoms with Crippen LogP contribution in [0.2, 0.25) is 0 Å². The molecule has 0 spiro atoms. The van der Waals surface area contributed by atoms with E-state index in [9.17, 15) is 4.79 Å². The molecule has 0 unspecified atom stereocenters. The second-order valence-electron chi connectivity index (χ2n) is 7.64. The van der Waals surface area contributed by atoms with Gasteiger partial charge in [-0.1, -0.05) is 36.4 Å². The van der Waals surface area contributed by atoms with Gasteiger partial charge in [-0.05, 0) is 41.8 Å². The molecule has 6 heteroatoms. The van der Waals surface area contributed by atoms with Gasteiger partial charge in [0.05, 0.1) is 0 Å². The highest BCUT2D eigenvalue weighted by molar-refractivity contribution is 5.95. The molecule has 4 rings (SSSR count). The molecular weight excluding hydrogens is 374 g/mol. The average molecular weight is 404 g/mol. The normalized spacial score (nSPS) is 16.4. The highest BCUT2D eigenvalue weighted by Crippen LogP contribution is 2.21. The lowest BCUT2D eigenvalue weighted by Crippen LogP contribution is -2.36. The second kappa shape index (κ2) is 9.48. The lowest BCUT2D eigenvalue weighted by atomic mass is 10.2. The van der Waals surface area contributed by atoms with Gasteiger partial charge in [0.1, 0.15) is 0 Å². The Hall–Kier alpha value is -3.28. The van der Waals surface area contributed by atoms with Crippen molar-refractivity contribution in [2.45, 2.75) is 25.9 Å². The van der Waals surface area contributed by atoms with E-state index in [4.69, 9.17) is 0 Å². The summed E-state index contributed by atoms with van der Waals surface area (Å²) in [5.41, 5.74) is 4.60. The highest BCUT2D eigenvalue weighted by Gasteiger charge is 2.21. The molecule has 0 atom stereocenters. The third kappa shape index (κ3) is 4.82. The van der Waals surface area contributed by atoms with Crippen molar-refractivity contribution < 1.29 is 4.79 Å². The topological polar surface area (TPSA) is 60.0 Å². The summed E-state index contributed by atoms with van der Waals surface area (Å²) in [4.78, 5) is 20.4. The first-order chi connectivity index (χ1) is 14.7. The molecule has 1 saturated heterocycles. The molecule has 0 saturated carbocycles. The lowest BCUT2D eigenvalue weighted by molar-refractivity contribution is -0.117. The first-order valence-electron chi connectivity index (χ1n) is 10.6. The van der Waals surface area contributed by atoms with Crippen molar-refractivity contribution in [2.24, 2.45) is 4.99 Å². The van der Waals surface area contributed by atoms with Gasteiger partial charge in [-0.3, -0.25) is 9.79 Å². The Balaban J connectivity index is 1.25. The van der Waals surface area contributed by atoms with E-state index >= 15 is 0 Å². The fourth-order valence-corrected chi connectivity index (χ4v) is 3.82. The van der Waals surface area contributed by atoms with E-state index in [1.165, 1.54) is 11.3 Å². The molecule has 2 aliphatic rings. The smallest absolute Gasteiger partial charge is 0.227 e. The molecule has 2 aliphatic heterocycles. The van der Waals surface area contributed by atoms with E-state index in [1.807, 2.05) is 17.0 Å². The highest BCUT2D eigenvalue weighted by atomic mass is 16.2. The zero-order valence-electron chi connectivity index (χ0n) is 17.5. The van der Waals surface area contributed by atoms with E-state index < -0.39 is 0 Å². The van der Waals surface area contributed by atoms with Crippen molar-refractivity contribution in [3.05, 3.63) is 71.8 Å². The Bertz CT molecular complexity index is 910. The first-order valence-corrected chi connectivity index (χ1v) is 10.6.